The smallest absolute Gasteiger partial charge is 0.192 e. The average molecular weight is 254 g/mol. The minimum absolute atomic E-state index is 0.0826. The van der Waals surface area contributed by atoms with Gasteiger partial charge in [-0.05, 0) is 25.1 Å². The van der Waals surface area contributed by atoms with E-state index in [-0.39, 0.29) is 17.2 Å². The standard InChI is InChI=1S/C14H26O2Si/c1-9-11-15-13(10-2)12(3)16-17(7,8)14(4,5)6/h2,9,12-13H,1,11H2,3-8H3/t12-,13-/m0/s1. The van der Waals surface area contributed by atoms with Gasteiger partial charge in [-0.15, -0.1) is 13.0 Å². The van der Waals surface area contributed by atoms with E-state index in [0.717, 1.165) is 0 Å². The monoisotopic (exact) mass is 254 g/mol. The first-order valence-electron chi connectivity index (χ1n) is 6.02. The molecular weight excluding hydrogens is 228 g/mol. The van der Waals surface area contributed by atoms with Gasteiger partial charge >= 0.3 is 0 Å². The summed E-state index contributed by atoms with van der Waals surface area (Å²) < 4.78 is 11.7. The summed E-state index contributed by atoms with van der Waals surface area (Å²) >= 11 is 0. The highest BCUT2D eigenvalue weighted by atomic mass is 28.4. The van der Waals surface area contributed by atoms with E-state index in [0.29, 0.717) is 6.61 Å². The highest BCUT2D eigenvalue weighted by molar-refractivity contribution is 6.74. The molecule has 0 rings (SSSR count). The third kappa shape index (κ3) is 5.07. The van der Waals surface area contributed by atoms with Crippen LogP contribution in [0.1, 0.15) is 27.7 Å². The van der Waals surface area contributed by atoms with Crippen molar-refractivity contribution < 1.29 is 9.16 Å². The number of rotatable bonds is 6. The van der Waals surface area contributed by atoms with Crippen molar-refractivity contribution in [3.05, 3.63) is 12.7 Å². The van der Waals surface area contributed by atoms with Gasteiger partial charge in [0.2, 0.25) is 0 Å². The normalized spacial score (nSPS) is 16.1. The zero-order valence-corrected chi connectivity index (χ0v) is 13.0. The summed E-state index contributed by atoms with van der Waals surface area (Å²) in [5.74, 6) is 2.64. The van der Waals surface area contributed by atoms with Crippen molar-refractivity contribution in [1.29, 1.82) is 0 Å². The van der Waals surface area contributed by atoms with Crippen LogP contribution in [-0.2, 0) is 9.16 Å². The van der Waals surface area contributed by atoms with E-state index in [1.807, 2.05) is 6.92 Å². The van der Waals surface area contributed by atoms with E-state index >= 15 is 0 Å². The van der Waals surface area contributed by atoms with E-state index in [2.05, 4.69) is 46.4 Å². The summed E-state index contributed by atoms with van der Waals surface area (Å²) in [7, 11) is -1.79. The number of hydrogen-bond acceptors (Lipinski definition) is 2. The second-order valence-electron chi connectivity index (χ2n) is 5.79. The molecule has 98 valence electrons. The van der Waals surface area contributed by atoms with Gasteiger partial charge in [-0.1, -0.05) is 32.8 Å². The first-order chi connectivity index (χ1) is 7.65. The highest BCUT2D eigenvalue weighted by Gasteiger charge is 2.39. The van der Waals surface area contributed by atoms with E-state index < -0.39 is 8.32 Å². The van der Waals surface area contributed by atoms with E-state index in [9.17, 15) is 0 Å². The second kappa shape index (κ2) is 6.39. The molecule has 0 aromatic rings. The summed E-state index contributed by atoms with van der Waals surface area (Å²) in [6.07, 6.45) is 6.78. The van der Waals surface area contributed by atoms with Crippen LogP contribution in [0.4, 0.5) is 0 Å². The average Bonchev–Trinajstić information content (AvgIpc) is 2.16. The molecule has 2 nitrogen and oxygen atoms in total. The molecule has 0 aliphatic rings. The largest absolute Gasteiger partial charge is 0.411 e. The van der Waals surface area contributed by atoms with E-state index in [1.54, 1.807) is 6.08 Å². The molecule has 0 aliphatic carbocycles. The van der Waals surface area contributed by atoms with Crippen molar-refractivity contribution in [2.24, 2.45) is 0 Å². The predicted molar refractivity (Wildman–Crippen MR) is 76.5 cm³/mol. The molecule has 17 heavy (non-hydrogen) atoms. The fourth-order valence-electron chi connectivity index (χ4n) is 1.19. The molecular formula is C14H26O2Si. The van der Waals surface area contributed by atoms with Crippen LogP contribution in [0, 0.1) is 12.3 Å². The van der Waals surface area contributed by atoms with Crippen molar-refractivity contribution in [2.45, 2.75) is 58.0 Å². The third-order valence-electron chi connectivity index (χ3n) is 3.27. The van der Waals surface area contributed by atoms with Gasteiger partial charge in [0.25, 0.3) is 0 Å². The Bertz CT molecular complexity index is 284. The molecule has 0 unspecified atom stereocenters. The van der Waals surface area contributed by atoms with Gasteiger partial charge in [0.1, 0.15) is 6.10 Å². The zero-order valence-electron chi connectivity index (χ0n) is 12.0. The maximum Gasteiger partial charge on any atom is 0.192 e. The minimum Gasteiger partial charge on any atom is -0.411 e. The molecule has 0 heterocycles. The Balaban J connectivity index is 4.56. The van der Waals surface area contributed by atoms with Crippen LogP contribution in [0.2, 0.25) is 18.1 Å². The lowest BCUT2D eigenvalue weighted by molar-refractivity contribution is 0.0232. The van der Waals surface area contributed by atoms with Crippen LogP contribution < -0.4 is 0 Å². The Kier molecular flexibility index (Phi) is 6.18. The van der Waals surface area contributed by atoms with Crippen LogP contribution in [-0.4, -0.2) is 27.1 Å². The Hall–Kier alpha value is -0.563. The Labute approximate surface area is 108 Å². The lowest BCUT2D eigenvalue weighted by Crippen LogP contribution is -2.46. The molecule has 0 saturated carbocycles. The predicted octanol–water partition coefficient (Wildman–Crippen LogP) is 3.60. The Morgan fingerprint density at radius 1 is 1.41 bits per heavy atom. The molecule has 0 N–H and O–H groups in total. The number of ether oxygens (including phenoxy) is 1. The van der Waals surface area contributed by atoms with Gasteiger partial charge in [-0.2, -0.15) is 0 Å². The lowest BCUT2D eigenvalue weighted by atomic mass is 10.2. The molecule has 0 radical (unpaired) electrons. The van der Waals surface area contributed by atoms with Crippen molar-refractivity contribution >= 4 is 8.32 Å². The summed E-state index contributed by atoms with van der Waals surface area (Å²) in [6.45, 7) is 17.1. The van der Waals surface area contributed by atoms with Crippen molar-refractivity contribution in [3.63, 3.8) is 0 Å². The van der Waals surface area contributed by atoms with Gasteiger partial charge < -0.3 is 9.16 Å². The maximum absolute atomic E-state index is 6.19. The summed E-state index contributed by atoms with van der Waals surface area (Å²) in [4.78, 5) is 0. The molecule has 0 spiro atoms. The van der Waals surface area contributed by atoms with Crippen LogP contribution in [0.5, 0.6) is 0 Å². The van der Waals surface area contributed by atoms with E-state index in [1.165, 1.54) is 0 Å². The van der Waals surface area contributed by atoms with Crippen molar-refractivity contribution in [3.8, 4) is 12.3 Å². The SMILES string of the molecule is C#C[C@H](OCC=C)[C@H](C)O[Si](C)(C)C(C)(C)C. The van der Waals surface area contributed by atoms with Gasteiger partial charge in [0.05, 0.1) is 12.7 Å². The lowest BCUT2D eigenvalue weighted by Gasteiger charge is -2.39. The number of terminal acetylenes is 1. The third-order valence-corrected chi connectivity index (χ3v) is 7.84. The Morgan fingerprint density at radius 2 is 1.94 bits per heavy atom. The molecule has 0 amide bonds. The van der Waals surface area contributed by atoms with Gasteiger partial charge in [-0.3, -0.25) is 0 Å². The van der Waals surface area contributed by atoms with Crippen LogP contribution in [0.3, 0.4) is 0 Å². The van der Waals surface area contributed by atoms with E-state index in [4.69, 9.17) is 15.6 Å². The molecule has 0 saturated heterocycles. The van der Waals surface area contributed by atoms with Gasteiger partial charge in [0, 0.05) is 0 Å². The zero-order chi connectivity index (χ0) is 13.7. The summed E-state index contributed by atoms with van der Waals surface area (Å²) in [6, 6.07) is 0. The van der Waals surface area contributed by atoms with Gasteiger partial charge in [0.15, 0.2) is 8.32 Å². The number of hydrogen-bond donors (Lipinski definition) is 0. The quantitative estimate of drug-likeness (QED) is 0.409. The molecule has 0 aromatic heterocycles. The highest BCUT2D eigenvalue weighted by Crippen LogP contribution is 2.37. The summed E-state index contributed by atoms with van der Waals surface area (Å²) in [5.41, 5.74) is 0. The molecule has 0 fully saturated rings. The van der Waals surface area contributed by atoms with Crippen molar-refractivity contribution in [2.75, 3.05) is 6.61 Å². The topological polar surface area (TPSA) is 18.5 Å². The fraction of sp³-hybridized carbons (Fsp3) is 0.714. The van der Waals surface area contributed by atoms with Crippen LogP contribution in [0.15, 0.2) is 12.7 Å². The van der Waals surface area contributed by atoms with Crippen molar-refractivity contribution in [1.82, 2.24) is 0 Å². The first kappa shape index (κ1) is 16.4. The second-order valence-corrected chi connectivity index (χ2v) is 10.5. The van der Waals surface area contributed by atoms with Crippen LogP contribution in [0.25, 0.3) is 0 Å². The molecule has 2 atom stereocenters. The summed E-state index contributed by atoms with van der Waals surface area (Å²) in [5, 5.41) is 0.179. The molecule has 0 bridgehead atoms. The van der Waals surface area contributed by atoms with Crippen LogP contribution >= 0.6 is 0 Å². The maximum atomic E-state index is 6.19. The molecule has 0 aliphatic heterocycles. The molecule has 0 aromatic carbocycles. The Morgan fingerprint density at radius 3 is 2.29 bits per heavy atom. The molecule has 3 heteroatoms. The minimum atomic E-state index is -1.79. The first-order valence-corrected chi connectivity index (χ1v) is 8.93. The van der Waals surface area contributed by atoms with Gasteiger partial charge in [-0.25, -0.2) is 0 Å². The fourth-order valence-corrected chi connectivity index (χ4v) is 2.60.